The minimum Gasteiger partial charge on any atom is -0.455 e. The van der Waals surface area contributed by atoms with E-state index in [0.29, 0.717) is 49.1 Å². The monoisotopic (exact) mass is 550 g/mol. The second kappa shape index (κ2) is 11.8. The summed E-state index contributed by atoms with van der Waals surface area (Å²) in [5, 5.41) is 9.55. The number of piperazine rings is 1. The van der Waals surface area contributed by atoms with Crippen LogP contribution in [-0.2, 0) is 5.75 Å². The van der Waals surface area contributed by atoms with Crippen LogP contribution in [0.25, 0.3) is 22.4 Å². The quantitative estimate of drug-likeness (QED) is 0.208. The van der Waals surface area contributed by atoms with Crippen molar-refractivity contribution in [3.05, 3.63) is 120 Å². The first-order valence-corrected chi connectivity index (χ1v) is 14.1. The predicted octanol–water partition coefficient (Wildman–Crippen LogP) is 6.80. The second-order valence-electron chi connectivity index (χ2n) is 9.49. The summed E-state index contributed by atoms with van der Waals surface area (Å²) in [4.78, 5) is 16.7. The number of halogens is 1. The molecule has 0 spiro atoms. The molecule has 1 saturated heterocycles. The number of aromatic nitrogens is 2. The van der Waals surface area contributed by atoms with E-state index < -0.39 is 0 Å². The Morgan fingerprint density at radius 2 is 1.45 bits per heavy atom. The normalized spacial score (nSPS) is 13.4. The molecule has 0 unspecified atom stereocenters. The molecule has 5 aromatic rings. The zero-order valence-corrected chi connectivity index (χ0v) is 22.6. The molecular weight excluding hydrogens is 523 g/mol. The molecule has 1 amide bonds. The predicted molar refractivity (Wildman–Crippen MR) is 156 cm³/mol. The fourth-order valence-corrected chi connectivity index (χ4v) is 5.45. The van der Waals surface area contributed by atoms with Gasteiger partial charge in [0, 0.05) is 31.7 Å². The summed E-state index contributed by atoms with van der Waals surface area (Å²) in [6, 6.07) is 32.7. The Morgan fingerprint density at radius 3 is 2.17 bits per heavy atom. The molecular formula is C32H27FN4O2S. The molecule has 1 fully saturated rings. The number of anilines is 1. The summed E-state index contributed by atoms with van der Waals surface area (Å²) >= 11 is 1.50. The second-order valence-corrected chi connectivity index (χ2v) is 10.5. The van der Waals surface area contributed by atoms with Crippen LogP contribution in [0.1, 0.15) is 16.3 Å². The van der Waals surface area contributed by atoms with E-state index in [2.05, 4.69) is 46.6 Å². The molecule has 2 aromatic heterocycles. The first-order valence-electron chi connectivity index (χ1n) is 13.1. The van der Waals surface area contributed by atoms with Crippen molar-refractivity contribution in [2.24, 2.45) is 0 Å². The lowest BCUT2D eigenvalue weighted by Crippen LogP contribution is -2.49. The van der Waals surface area contributed by atoms with Crippen molar-refractivity contribution >= 4 is 23.4 Å². The number of amides is 1. The van der Waals surface area contributed by atoms with Crippen LogP contribution in [0, 0.1) is 5.82 Å². The summed E-state index contributed by atoms with van der Waals surface area (Å²) in [5.74, 6) is 1.16. The lowest BCUT2D eigenvalue weighted by Gasteiger charge is -2.35. The van der Waals surface area contributed by atoms with Crippen LogP contribution < -0.4 is 4.90 Å². The Bertz CT molecular complexity index is 1580. The van der Waals surface area contributed by atoms with Crippen LogP contribution in [0.5, 0.6) is 0 Å². The molecule has 200 valence electrons. The minimum absolute atomic E-state index is 0.146. The van der Waals surface area contributed by atoms with Gasteiger partial charge in [-0.2, -0.15) is 0 Å². The van der Waals surface area contributed by atoms with Crippen molar-refractivity contribution in [2.75, 3.05) is 31.1 Å². The largest absolute Gasteiger partial charge is 0.455 e. The Kier molecular flexibility index (Phi) is 7.59. The maximum atomic E-state index is 14.1. The van der Waals surface area contributed by atoms with Crippen molar-refractivity contribution in [3.63, 3.8) is 0 Å². The highest BCUT2D eigenvalue weighted by molar-refractivity contribution is 7.98. The molecule has 3 heterocycles. The van der Waals surface area contributed by atoms with Gasteiger partial charge >= 0.3 is 0 Å². The first kappa shape index (κ1) is 25.8. The average Bonchev–Trinajstić information content (AvgIpc) is 3.50. The number of carbonyl (C=O) groups excluding carboxylic acids is 1. The molecule has 0 N–H and O–H groups in total. The SMILES string of the molecule is O=C(c1ccc(CSc2ccc(-c3ccc(-c4ccccc4)cc3)nn2)o1)N1CCN(c2ccccc2F)CC1. The summed E-state index contributed by atoms with van der Waals surface area (Å²) < 4.78 is 20.0. The first-order chi connectivity index (χ1) is 19.6. The molecule has 0 saturated carbocycles. The molecule has 3 aromatic carbocycles. The fourth-order valence-electron chi connectivity index (χ4n) is 4.74. The van der Waals surface area contributed by atoms with E-state index in [4.69, 9.17) is 4.42 Å². The van der Waals surface area contributed by atoms with Crippen LogP contribution in [0.2, 0.25) is 0 Å². The molecule has 0 bridgehead atoms. The van der Waals surface area contributed by atoms with E-state index in [-0.39, 0.29) is 11.7 Å². The molecule has 0 aliphatic carbocycles. The van der Waals surface area contributed by atoms with Crippen molar-refractivity contribution in [1.82, 2.24) is 15.1 Å². The van der Waals surface area contributed by atoms with Gasteiger partial charge in [-0.25, -0.2) is 4.39 Å². The van der Waals surface area contributed by atoms with E-state index in [9.17, 15) is 9.18 Å². The lowest BCUT2D eigenvalue weighted by molar-refractivity contribution is 0.0713. The Balaban J connectivity index is 1.01. The van der Waals surface area contributed by atoms with Crippen LogP contribution in [0.15, 0.2) is 113 Å². The summed E-state index contributed by atoms with van der Waals surface area (Å²) in [6.45, 7) is 2.16. The highest BCUT2D eigenvalue weighted by Crippen LogP contribution is 2.27. The molecule has 40 heavy (non-hydrogen) atoms. The summed E-state index contributed by atoms with van der Waals surface area (Å²) in [6.07, 6.45) is 0. The van der Waals surface area contributed by atoms with E-state index in [0.717, 1.165) is 21.8 Å². The fraction of sp³-hybridized carbons (Fsp3) is 0.156. The van der Waals surface area contributed by atoms with Gasteiger partial charge in [0.05, 0.1) is 17.1 Å². The third-order valence-corrected chi connectivity index (χ3v) is 7.86. The zero-order chi connectivity index (χ0) is 27.3. The third kappa shape index (κ3) is 5.77. The Labute approximate surface area is 236 Å². The number of furan rings is 1. The van der Waals surface area contributed by atoms with Crippen molar-refractivity contribution in [3.8, 4) is 22.4 Å². The van der Waals surface area contributed by atoms with Crippen molar-refractivity contribution in [1.29, 1.82) is 0 Å². The number of hydrogen-bond donors (Lipinski definition) is 0. The molecule has 6 rings (SSSR count). The molecule has 6 nitrogen and oxygen atoms in total. The summed E-state index contributed by atoms with van der Waals surface area (Å²) in [7, 11) is 0. The number of thioether (sulfide) groups is 1. The van der Waals surface area contributed by atoms with Gasteiger partial charge in [-0.05, 0) is 47.5 Å². The van der Waals surface area contributed by atoms with Gasteiger partial charge in [0.1, 0.15) is 16.6 Å². The van der Waals surface area contributed by atoms with Gasteiger partial charge in [0.25, 0.3) is 5.91 Å². The lowest BCUT2D eigenvalue weighted by atomic mass is 10.0. The minimum atomic E-state index is -0.243. The Hall–Kier alpha value is -4.43. The topological polar surface area (TPSA) is 62.5 Å². The zero-order valence-electron chi connectivity index (χ0n) is 21.7. The van der Waals surface area contributed by atoms with Crippen molar-refractivity contribution in [2.45, 2.75) is 10.8 Å². The molecule has 1 aliphatic rings. The standard InChI is InChI=1S/C32H27FN4O2S/c33-27-8-4-5-9-29(27)36-18-20-37(21-19-36)32(38)30-16-14-26(39-30)22-40-31-17-15-28(34-35-31)25-12-10-24(11-13-25)23-6-2-1-3-7-23/h1-17H,18-22H2. The van der Waals surface area contributed by atoms with E-state index in [1.807, 2.05) is 47.4 Å². The van der Waals surface area contributed by atoms with Gasteiger partial charge in [0.2, 0.25) is 0 Å². The van der Waals surface area contributed by atoms with Gasteiger partial charge in [0.15, 0.2) is 5.76 Å². The van der Waals surface area contributed by atoms with E-state index >= 15 is 0 Å². The van der Waals surface area contributed by atoms with Crippen LogP contribution in [0.4, 0.5) is 10.1 Å². The van der Waals surface area contributed by atoms with Crippen molar-refractivity contribution < 1.29 is 13.6 Å². The number of carbonyl (C=O) groups is 1. The highest BCUT2D eigenvalue weighted by atomic mass is 32.2. The number of benzene rings is 3. The number of para-hydroxylation sites is 1. The third-order valence-electron chi connectivity index (χ3n) is 6.92. The van der Waals surface area contributed by atoms with Gasteiger partial charge < -0.3 is 14.2 Å². The van der Waals surface area contributed by atoms with Crippen LogP contribution in [-0.4, -0.2) is 47.2 Å². The number of hydrogen-bond acceptors (Lipinski definition) is 6. The maximum Gasteiger partial charge on any atom is 0.289 e. The number of nitrogens with zero attached hydrogens (tertiary/aromatic N) is 4. The van der Waals surface area contributed by atoms with Crippen LogP contribution in [0.3, 0.4) is 0 Å². The Morgan fingerprint density at radius 1 is 0.750 bits per heavy atom. The molecule has 1 aliphatic heterocycles. The smallest absolute Gasteiger partial charge is 0.289 e. The molecule has 8 heteroatoms. The molecule has 0 radical (unpaired) electrons. The van der Waals surface area contributed by atoms with Crippen LogP contribution >= 0.6 is 11.8 Å². The molecule has 0 atom stereocenters. The average molecular weight is 551 g/mol. The maximum absolute atomic E-state index is 14.1. The van der Waals surface area contributed by atoms with Gasteiger partial charge in [-0.3, -0.25) is 4.79 Å². The summed E-state index contributed by atoms with van der Waals surface area (Å²) in [5.41, 5.74) is 4.73. The number of rotatable bonds is 7. The van der Waals surface area contributed by atoms with Gasteiger partial charge in [-0.1, -0.05) is 78.5 Å². The van der Waals surface area contributed by atoms with Gasteiger partial charge in [-0.15, -0.1) is 10.2 Å². The van der Waals surface area contributed by atoms with E-state index in [1.54, 1.807) is 23.1 Å². The highest BCUT2D eigenvalue weighted by Gasteiger charge is 2.25. The van der Waals surface area contributed by atoms with E-state index in [1.165, 1.54) is 23.4 Å².